The number of halogens is 3. The molecule has 1 heterocycles. The number of nitrogens with two attached hydrogens (primary N) is 1. The molecule has 0 aromatic carbocycles. The first kappa shape index (κ1) is 13.7. The number of nitrogens with zero attached hydrogens (tertiary/aromatic N) is 2. The Morgan fingerprint density at radius 2 is 2.05 bits per heavy atom. The zero-order chi connectivity index (χ0) is 14.4. The Balaban J connectivity index is 2.05. The monoisotopic (exact) mass is 276 g/mol. The Bertz CT molecular complexity index is 517. The molecule has 1 aliphatic carbocycles. The standard InChI is InChI=1S/C11H15F3N4O/c1-6-9(15)7(2)18(17-6)5-8(19)16-10(3-4-10)11(12,13)14/h3-5,15H2,1-2H3,(H,16,19). The molecule has 2 rings (SSSR count). The van der Waals surface area contributed by atoms with Gasteiger partial charge in [-0.2, -0.15) is 18.3 Å². The molecular formula is C11H15F3N4O. The van der Waals surface area contributed by atoms with Crippen LogP contribution in [0.25, 0.3) is 0 Å². The summed E-state index contributed by atoms with van der Waals surface area (Å²) in [7, 11) is 0. The predicted molar refractivity (Wildman–Crippen MR) is 62.3 cm³/mol. The molecule has 0 bridgehead atoms. The van der Waals surface area contributed by atoms with E-state index in [1.165, 1.54) is 4.68 Å². The molecule has 0 radical (unpaired) electrons. The second-order valence-electron chi connectivity index (χ2n) is 4.87. The van der Waals surface area contributed by atoms with E-state index < -0.39 is 17.6 Å². The molecule has 1 aromatic rings. The Morgan fingerprint density at radius 1 is 1.47 bits per heavy atom. The van der Waals surface area contributed by atoms with Crippen molar-refractivity contribution in [2.24, 2.45) is 0 Å². The third-order valence-electron chi connectivity index (χ3n) is 3.40. The van der Waals surface area contributed by atoms with Gasteiger partial charge in [0.25, 0.3) is 0 Å². The van der Waals surface area contributed by atoms with Gasteiger partial charge < -0.3 is 11.1 Å². The lowest BCUT2D eigenvalue weighted by atomic mass is 10.2. The minimum atomic E-state index is -4.41. The molecule has 0 unspecified atom stereocenters. The average molecular weight is 276 g/mol. The van der Waals surface area contributed by atoms with Gasteiger partial charge in [-0.05, 0) is 26.7 Å². The van der Waals surface area contributed by atoms with Gasteiger partial charge in [-0.25, -0.2) is 0 Å². The molecule has 0 atom stereocenters. The van der Waals surface area contributed by atoms with Gasteiger partial charge in [-0.1, -0.05) is 0 Å². The maximum Gasteiger partial charge on any atom is 0.411 e. The van der Waals surface area contributed by atoms with Crippen molar-refractivity contribution in [1.82, 2.24) is 15.1 Å². The van der Waals surface area contributed by atoms with Gasteiger partial charge in [0, 0.05) is 0 Å². The number of carbonyl (C=O) groups excluding carboxylic acids is 1. The summed E-state index contributed by atoms with van der Waals surface area (Å²) in [6.45, 7) is 3.08. The third kappa shape index (κ3) is 2.39. The lowest BCUT2D eigenvalue weighted by Gasteiger charge is -2.20. The van der Waals surface area contributed by atoms with Gasteiger partial charge in [0.15, 0.2) is 0 Å². The number of nitrogens with one attached hydrogen (secondary N) is 1. The fraction of sp³-hybridized carbons (Fsp3) is 0.636. The first-order chi connectivity index (χ1) is 8.66. The van der Waals surface area contributed by atoms with Gasteiger partial charge in [0.1, 0.15) is 12.1 Å². The summed E-state index contributed by atoms with van der Waals surface area (Å²) in [6.07, 6.45) is -4.54. The van der Waals surface area contributed by atoms with Crippen LogP contribution in [0.4, 0.5) is 18.9 Å². The topological polar surface area (TPSA) is 72.9 Å². The van der Waals surface area contributed by atoms with Gasteiger partial charge in [-0.15, -0.1) is 0 Å². The Hall–Kier alpha value is -1.73. The largest absolute Gasteiger partial charge is 0.411 e. The molecule has 8 heteroatoms. The number of hydrogen-bond donors (Lipinski definition) is 2. The van der Waals surface area contributed by atoms with Crippen LogP contribution in [0.15, 0.2) is 0 Å². The number of nitrogen functional groups attached to an aromatic ring is 1. The smallest absolute Gasteiger partial charge is 0.396 e. The number of alkyl halides is 3. The Kier molecular flexibility index (Phi) is 2.98. The van der Waals surface area contributed by atoms with Crippen molar-refractivity contribution in [2.75, 3.05) is 5.73 Å². The molecule has 5 nitrogen and oxygen atoms in total. The van der Waals surface area contributed by atoms with E-state index in [2.05, 4.69) is 5.10 Å². The van der Waals surface area contributed by atoms with Crippen molar-refractivity contribution >= 4 is 11.6 Å². The summed E-state index contributed by atoms with van der Waals surface area (Å²) in [5.74, 6) is -0.708. The van der Waals surface area contributed by atoms with Crippen molar-refractivity contribution in [3.05, 3.63) is 11.4 Å². The summed E-state index contributed by atoms with van der Waals surface area (Å²) in [4.78, 5) is 11.7. The normalized spacial score (nSPS) is 17.3. The van der Waals surface area contributed by atoms with Crippen molar-refractivity contribution in [2.45, 2.75) is 44.9 Å². The number of hydrogen-bond acceptors (Lipinski definition) is 3. The molecule has 1 fully saturated rings. The van der Waals surface area contributed by atoms with E-state index >= 15 is 0 Å². The van der Waals surface area contributed by atoms with E-state index in [1.54, 1.807) is 13.8 Å². The molecule has 0 spiro atoms. The molecule has 19 heavy (non-hydrogen) atoms. The van der Waals surface area contributed by atoms with E-state index in [0.29, 0.717) is 17.1 Å². The highest BCUT2D eigenvalue weighted by molar-refractivity contribution is 5.77. The maximum absolute atomic E-state index is 12.7. The first-order valence-corrected chi connectivity index (χ1v) is 5.83. The van der Waals surface area contributed by atoms with Crippen LogP contribution in [0, 0.1) is 13.8 Å². The highest BCUT2D eigenvalue weighted by atomic mass is 19.4. The van der Waals surface area contributed by atoms with Crippen molar-refractivity contribution in [1.29, 1.82) is 0 Å². The zero-order valence-electron chi connectivity index (χ0n) is 10.6. The molecule has 0 saturated heterocycles. The van der Waals surface area contributed by atoms with Crippen LogP contribution in [0.3, 0.4) is 0 Å². The third-order valence-corrected chi connectivity index (χ3v) is 3.40. The quantitative estimate of drug-likeness (QED) is 0.873. The van der Waals surface area contributed by atoms with Gasteiger partial charge in [-0.3, -0.25) is 9.48 Å². The number of aryl methyl sites for hydroxylation is 1. The minimum Gasteiger partial charge on any atom is -0.396 e. The van der Waals surface area contributed by atoms with Crippen LogP contribution in [0.5, 0.6) is 0 Å². The molecule has 1 aromatic heterocycles. The second-order valence-corrected chi connectivity index (χ2v) is 4.87. The SMILES string of the molecule is Cc1nn(CC(=O)NC2(C(F)(F)F)CC2)c(C)c1N. The number of rotatable bonds is 3. The Labute approximate surface area is 108 Å². The molecule has 3 N–H and O–H groups in total. The number of aromatic nitrogens is 2. The molecule has 1 saturated carbocycles. The van der Waals surface area contributed by atoms with Crippen molar-refractivity contribution < 1.29 is 18.0 Å². The van der Waals surface area contributed by atoms with Crippen LogP contribution in [-0.4, -0.2) is 27.4 Å². The molecule has 106 valence electrons. The van der Waals surface area contributed by atoms with E-state index in [-0.39, 0.29) is 19.4 Å². The molecule has 1 aliphatic rings. The van der Waals surface area contributed by atoms with Crippen molar-refractivity contribution in [3.8, 4) is 0 Å². The van der Waals surface area contributed by atoms with E-state index in [9.17, 15) is 18.0 Å². The summed E-state index contributed by atoms with van der Waals surface area (Å²) < 4.78 is 39.4. The fourth-order valence-electron chi connectivity index (χ4n) is 1.91. The van der Waals surface area contributed by atoms with Gasteiger partial charge in [0.2, 0.25) is 5.91 Å². The lowest BCUT2D eigenvalue weighted by molar-refractivity contribution is -0.170. The molecule has 0 aliphatic heterocycles. The Morgan fingerprint density at radius 3 is 2.42 bits per heavy atom. The van der Waals surface area contributed by atoms with Crippen LogP contribution in [-0.2, 0) is 11.3 Å². The van der Waals surface area contributed by atoms with E-state index in [4.69, 9.17) is 5.73 Å². The predicted octanol–water partition coefficient (Wildman–Crippen LogP) is 1.29. The van der Waals surface area contributed by atoms with Crippen LogP contribution in [0.2, 0.25) is 0 Å². The molecule has 1 amide bonds. The fourth-order valence-corrected chi connectivity index (χ4v) is 1.91. The molecular weight excluding hydrogens is 261 g/mol. The number of anilines is 1. The summed E-state index contributed by atoms with van der Waals surface area (Å²) >= 11 is 0. The lowest BCUT2D eigenvalue weighted by Crippen LogP contribution is -2.49. The zero-order valence-corrected chi connectivity index (χ0v) is 10.6. The van der Waals surface area contributed by atoms with Crippen LogP contribution < -0.4 is 11.1 Å². The maximum atomic E-state index is 12.7. The van der Waals surface area contributed by atoms with E-state index in [0.717, 1.165) is 0 Å². The summed E-state index contributed by atoms with van der Waals surface area (Å²) in [5, 5.41) is 6.06. The number of carbonyl (C=O) groups is 1. The minimum absolute atomic E-state index is 0.0680. The first-order valence-electron chi connectivity index (χ1n) is 5.83. The van der Waals surface area contributed by atoms with Crippen molar-refractivity contribution in [3.63, 3.8) is 0 Å². The number of amides is 1. The van der Waals surface area contributed by atoms with Gasteiger partial charge in [0.05, 0.1) is 17.1 Å². The van der Waals surface area contributed by atoms with Crippen LogP contribution >= 0.6 is 0 Å². The van der Waals surface area contributed by atoms with Gasteiger partial charge >= 0.3 is 6.18 Å². The summed E-state index contributed by atoms with van der Waals surface area (Å²) in [6, 6.07) is 0. The van der Waals surface area contributed by atoms with Crippen LogP contribution in [0.1, 0.15) is 24.2 Å². The summed E-state index contributed by atoms with van der Waals surface area (Å²) in [5.41, 5.74) is 5.24. The highest BCUT2D eigenvalue weighted by Gasteiger charge is 2.64. The highest BCUT2D eigenvalue weighted by Crippen LogP contribution is 2.48. The van der Waals surface area contributed by atoms with E-state index in [1.807, 2.05) is 5.32 Å². The average Bonchev–Trinajstić information content (AvgIpc) is 3.01. The second kappa shape index (κ2) is 4.14.